The second kappa shape index (κ2) is 5.00. The molecular formula is C13H18ClN. The van der Waals surface area contributed by atoms with Crippen LogP contribution in [0.15, 0.2) is 24.3 Å². The SMILES string of the molecule is CN1CCC(c2cccc(CCCl)c2)C1. The fourth-order valence-corrected chi connectivity index (χ4v) is 2.54. The van der Waals surface area contributed by atoms with Crippen LogP contribution in [0.3, 0.4) is 0 Å². The molecule has 1 aromatic rings. The van der Waals surface area contributed by atoms with Crippen molar-refractivity contribution in [1.82, 2.24) is 4.90 Å². The molecule has 0 aromatic heterocycles. The Labute approximate surface area is 97.0 Å². The molecule has 0 amide bonds. The van der Waals surface area contributed by atoms with Gasteiger partial charge in [-0.1, -0.05) is 24.3 Å². The van der Waals surface area contributed by atoms with Gasteiger partial charge in [-0.25, -0.2) is 0 Å². The van der Waals surface area contributed by atoms with Crippen LogP contribution in [0.5, 0.6) is 0 Å². The van der Waals surface area contributed by atoms with Crippen LogP contribution in [0.25, 0.3) is 0 Å². The lowest BCUT2D eigenvalue weighted by molar-refractivity contribution is 0.411. The molecular weight excluding hydrogens is 206 g/mol. The van der Waals surface area contributed by atoms with E-state index in [1.54, 1.807) is 0 Å². The van der Waals surface area contributed by atoms with E-state index in [-0.39, 0.29) is 0 Å². The zero-order valence-corrected chi connectivity index (χ0v) is 10.0. The summed E-state index contributed by atoms with van der Waals surface area (Å²) in [6.45, 7) is 2.43. The van der Waals surface area contributed by atoms with Gasteiger partial charge in [0, 0.05) is 12.4 Å². The van der Waals surface area contributed by atoms with Crippen LogP contribution in [0.1, 0.15) is 23.5 Å². The van der Waals surface area contributed by atoms with E-state index < -0.39 is 0 Å². The molecule has 82 valence electrons. The third-order valence-electron chi connectivity index (χ3n) is 3.20. The summed E-state index contributed by atoms with van der Waals surface area (Å²) >= 11 is 5.76. The summed E-state index contributed by atoms with van der Waals surface area (Å²) in [6.07, 6.45) is 2.28. The van der Waals surface area contributed by atoms with Crippen LogP contribution in [0.4, 0.5) is 0 Å². The first-order valence-electron chi connectivity index (χ1n) is 5.63. The molecule has 15 heavy (non-hydrogen) atoms. The predicted molar refractivity (Wildman–Crippen MR) is 65.7 cm³/mol. The molecule has 1 fully saturated rings. The summed E-state index contributed by atoms with van der Waals surface area (Å²) < 4.78 is 0. The number of likely N-dealkylation sites (N-methyl/N-ethyl adjacent to an activating group) is 1. The van der Waals surface area contributed by atoms with Gasteiger partial charge < -0.3 is 4.90 Å². The summed E-state index contributed by atoms with van der Waals surface area (Å²) in [5.41, 5.74) is 2.86. The summed E-state index contributed by atoms with van der Waals surface area (Å²) in [5.74, 6) is 1.44. The molecule has 1 nitrogen and oxygen atoms in total. The maximum absolute atomic E-state index is 5.76. The van der Waals surface area contributed by atoms with E-state index in [0.717, 1.165) is 12.3 Å². The van der Waals surface area contributed by atoms with Gasteiger partial charge in [0.25, 0.3) is 0 Å². The number of hydrogen-bond donors (Lipinski definition) is 0. The Morgan fingerprint density at radius 1 is 1.47 bits per heavy atom. The Morgan fingerprint density at radius 3 is 3.00 bits per heavy atom. The third kappa shape index (κ3) is 2.73. The Morgan fingerprint density at radius 2 is 2.33 bits per heavy atom. The van der Waals surface area contributed by atoms with Gasteiger partial charge in [0.05, 0.1) is 0 Å². The summed E-state index contributed by atoms with van der Waals surface area (Å²) in [6, 6.07) is 8.91. The first-order valence-corrected chi connectivity index (χ1v) is 6.16. The molecule has 0 bridgehead atoms. The number of rotatable bonds is 3. The molecule has 1 saturated heterocycles. The van der Waals surface area contributed by atoms with Crippen LogP contribution in [-0.2, 0) is 6.42 Å². The fourth-order valence-electron chi connectivity index (χ4n) is 2.32. The Bertz CT molecular complexity index is 324. The first kappa shape index (κ1) is 11.0. The predicted octanol–water partition coefficient (Wildman–Crippen LogP) is 2.89. The average Bonchev–Trinajstić information content (AvgIpc) is 2.66. The number of benzene rings is 1. The van der Waals surface area contributed by atoms with Crippen LogP contribution in [-0.4, -0.2) is 30.9 Å². The number of halogens is 1. The van der Waals surface area contributed by atoms with E-state index in [4.69, 9.17) is 11.6 Å². The van der Waals surface area contributed by atoms with E-state index in [0.29, 0.717) is 5.88 Å². The normalized spacial score (nSPS) is 22.1. The topological polar surface area (TPSA) is 3.24 Å². The largest absolute Gasteiger partial charge is 0.306 e. The number of likely N-dealkylation sites (tertiary alicyclic amines) is 1. The van der Waals surface area contributed by atoms with Crippen LogP contribution in [0.2, 0.25) is 0 Å². The van der Waals surface area contributed by atoms with Gasteiger partial charge in [-0.3, -0.25) is 0 Å². The van der Waals surface area contributed by atoms with Gasteiger partial charge in [-0.2, -0.15) is 0 Å². The molecule has 1 aliphatic heterocycles. The van der Waals surface area contributed by atoms with Gasteiger partial charge in [0.1, 0.15) is 0 Å². The van der Waals surface area contributed by atoms with Gasteiger partial charge in [0.15, 0.2) is 0 Å². The number of aryl methyl sites for hydroxylation is 1. The molecule has 1 aliphatic rings. The molecule has 1 unspecified atom stereocenters. The molecule has 2 heteroatoms. The van der Waals surface area contributed by atoms with E-state index in [2.05, 4.69) is 36.2 Å². The van der Waals surface area contributed by atoms with Gasteiger partial charge >= 0.3 is 0 Å². The molecule has 0 aliphatic carbocycles. The summed E-state index contributed by atoms with van der Waals surface area (Å²) in [7, 11) is 2.20. The highest BCUT2D eigenvalue weighted by molar-refractivity contribution is 6.17. The van der Waals surface area contributed by atoms with Crippen molar-refractivity contribution in [1.29, 1.82) is 0 Å². The first-order chi connectivity index (χ1) is 7.29. The third-order valence-corrected chi connectivity index (χ3v) is 3.39. The Kier molecular flexibility index (Phi) is 3.66. The molecule has 2 rings (SSSR count). The van der Waals surface area contributed by atoms with Crippen molar-refractivity contribution in [2.24, 2.45) is 0 Å². The van der Waals surface area contributed by atoms with Crippen LogP contribution >= 0.6 is 11.6 Å². The van der Waals surface area contributed by atoms with Gasteiger partial charge in [-0.15, -0.1) is 11.6 Å². The molecule has 0 N–H and O–H groups in total. The van der Waals surface area contributed by atoms with Crippen molar-refractivity contribution >= 4 is 11.6 Å². The lowest BCUT2D eigenvalue weighted by Crippen LogP contribution is -2.13. The molecule has 0 saturated carbocycles. The maximum atomic E-state index is 5.76. The highest BCUT2D eigenvalue weighted by Crippen LogP contribution is 2.26. The van der Waals surface area contributed by atoms with Crippen molar-refractivity contribution in [3.05, 3.63) is 35.4 Å². The minimum Gasteiger partial charge on any atom is -0.306 e. The second-order valence-corrected chi connectivity index (χ2v) is 4.81. The van der Waals surface area contributed by atoms with E-state index in [1.807, 2.05) is 0 Å². The van der Waals surface area contributed by atoms with E-state index in [9.17, 15) is 0 Å². The van der Waals surface area contributed by atoms with Crippen LogP contribution < -0.4 is 0 Å². The van der Waals surface area contributed by atoms with Crippen LogP contribution in [0, 0.1) is 0 Å². The minimum atomic E-state index is 0.716. The number of alkyl halides is 1. The molecule has 0 radical (unpaired) electrons. The minimum absolute atomic E-state index is 0.716. The molecule has 1 atom stereocenters. The van der Waals surface area contributed by atoms with Gasteiger partial charge in [0.2, 0.25) is 0 Å². The van der Waals surface area contributed by atoms with Crippen molar-refractivity contribution in [2.45, 2.75) is 18.8 Å². The van der Waals surface area contributed by atoms with Crippen molar-refractivity contribution in [3.8, 4) is 0 Å². The number of hydrogen-bond acceptors (Lipinski definition) is 1. The zero-order valence-electron chi connectivity index (χ0n) is 9.25. The summed E-state index contributed by atoms with van der Waals surface area (Å²) in [5, 5.41) is 0. The lowest BCUT2D eigenvalue weighted by atomic mass is 9.96. The fraction of sp³-hybridized carbons (Fsp3) is 0.538. The average molecular weight is 224 g/mol. The molecule has 1 aromatic carbocycles. The quantitative estimate of drug-likeness (QED) is 0.713. The number of nitrogens with zero attached hydrogens (tertiary/aromatic N) is 1. The van der Waals surface area contributed by atoms with E-state index in [1.165, 1.54) is 30.6 Å². The molecule has 0 spiro atoms. The summed E-state index contributed by atoms with van der Waals surface area (Å²) in [4.78, 5) is 2.40. The smallest absolute Gasteiger partial charge is 0.0263 e. The second-order valence-electron chi connectivity index (χ2n) is 4.43. The highest BCUT2D eigenvalue weighted by atomic mass is 35.5. The zero-order chi connectivity index (χ0) is 10.7. The molecule has 1 heterocycles. The Hall–Kier alpha value is -0.530. The Balaban J connectivity index is 2.10. The lowest BCUT2D eigenvalue weighted by Gasteiger charge is -2.11. The van der Waals surface area contributed by atoms with E-state index >= 15 is 0 Å². The van der Waals surface area contributed by atoms with Gasteiger partial charge in [-0.05, 0) is 43.5 Å². The van der Waals surface area contributed by atoms with Crippen molar-refractivity contribution in [2.75, 3.05) is 26.0 Å². The van der Waals surface area contributed by atoms with Crippen molar-refractivity contribution < 1.29 is 0 Å². The highest BCUT2D eigenvalue weighted by Gasteiger charge is 2.20. The monoisotopic (exact) mass is 223 g/mol. The maximum Gasteiger partial charge on any atom is 0.0263 e. The standard InChI is InChI=1S/C13H18ClN/c1-15-8-6-13(10-15)12-4-2-3-11(9-12)5-7-14/h2-4,9,13H,5-8,10H2,1H3. The van der Waals surface area contributed by atoms with Crippen molar-refractivity contribution in [3.63, 3.8) is 0 Å².